The number of thiophene rings is 1. The van der Waals surface area contributed by atoms with Crippen LogP contribution in [0.5, 0.6) is 0 Å². The van der Waals surface area contributed by atoms with Gasteiger partial charge in [-0.25, -0.2) is 0 Å². The Bertz CT molecular complexity index is 431. The van der Waals surface area contributed by atoms with Gasteiger partial charge in [0.15, 0.2) is 0 Å². The Morgan fingerprint density at radius 2 is 2.26 bits per heavy atom. The molecule has 0 bridgehead atoms. The summed E-state index contributed by atoms with van der Waals surface area (Å²) in [5, 5.41) is 2.06. The molecule has 1 aromatic heterocycles. The third kappa shape index (κ3) is 2.99. The summed E-state index contributed by atoms with van der Waals surface area (Å²) in [6.07, 6.45) is 3.78. The minimum absolute atomic E-state index is 0.0664. The minimum atomic E-state index is -0.269. The molecule has 1 amide bonds. The van der Waals surface area contributed by atoms with Gasteiger partial charge in [-0.3, -0.25) is 4.79 Å². The van der Waals surface area contributed by atoms with Gasteiger partial charge in [0.05, 0.1) is 12.6 Å². The van der Waals surface area contributed by atoms with Gasteiger partial charge in [-0.15, -0.1) is 11.3 Å². The normalized spacial score (nSPS) is 26.6. The number of nitrogens with zero attached hydrogens (tertiary/aromatic N) is 1. The summed E-state index contributed by atoms with van der Waals surface area (Å²) < 4.78 is 5.74. The van der Waals surface area contributed by atoms with E-state index in [0.717, 1.165) is 32.2 Å². The minimum Gasteiger partial charge on any atom is -0.364 e. The van der Waals surface area contributed by atoms with Crippen molar-refractivity contribution in [2.75, 3.05) is 6.54 Å². The molecule has 3 rings (SSSR count). The maximum absolute atomic E-state index is 12.6. The molecule has 1 saturated heterocycles. The molecule has 0 spiro atoms. The first-order valence-corrected chi connectivity index (χ1v) is 7.84. The van der Waals surface area contributed by atoms with Crippen LogP contribution in [0.4, 0.5) is 0 Å². The number of carbonyl (C=O) groups is 1. The smallest absolute Gasteiger partial charge is 0.252 e. The second kappa shape index (κ2) is 5.61. The molecule has 19 heavy (non-hydrogen) atoms. The van der Waals surface area contributed by atoms with E-state index >= 15 is 0 Å². The van der Waals surface area contributed by atoms with E-state index in [1.807, 2.05) is 11.0 Å². The lowest BCUT2D eigenvalue weighted by molar-refractivity contribution is -0.144. The molecule has 2 atom stereocenters. The van der Waals surface area contributed by atoms with Crippen molar-refractivity contribution < 1.29 is 9.53 Å². The maximum Gasteiger partial charge on any atom is 0.252 e. The van der Waals surface area contributed by atoms with Crippen LogP contribution in [0.15, 0.2) is 17.5 Å². The van der Waals surface area contributed by atoms with Gasteiger partial charge in [0, 0.05) is 17.5 Å². The lowest BCUT2D eigenvalue weighted by Gasteiger charge is -2.25. The quantitative estimate of drug-likeness (QED) is 0.894. The van der Waals surface area contributed by atoms with Crippen molar-refractivity contribution in [2.45, 2.75) is 50.5 Å². The summed E-state index contributed by atoms with van der Waals surface area (Å²) in [4.78, 5) is 15.8. The zero-order chi connectivity index (χ0) is 13.2. The summed E-state index contributed by atoms with van der Waals surface area (Å²) in [6, 6.07) is 4.55. The number of amides is 1. The summed E-state index contributed by atoms with van der Waals surface area (Å²) in [5.41, 5.74) is 5.61. The zero-order valence-electron chi connectivity index (χ0n) is 11.0. The van der Waals surface area contributed by atoms with Crippen LogP contribution in [0.25, 0.3) is 0 Å². The van der Waals surface area contributed by atoms with Crippen LogP contribution >= 0.6 is 11.3 Å². The van der Waals surface area contributed by atoms with Crippen LogP contribution in [-0.2, 0) is 16.1 Å². The van der Waals surface area contributed by atoms with E-state index in [9.17, 15) is 4.79 Å². The average Bonchev–Trinajstić information content (AvgIpc) is 2.95. The van der Waals surface area contributed by atoms with Crippen LogP contribution in [-0.4, -0.2) is 35.6 Å². The monoisotopic (exact) mass is 280 g/mol. The molecule has 2 heterocycles. The fraction of sp³-hybridized carbons (Fsp3) is 0.643. The van der Waals surface area contributed by atoms with E-state index in [2.05, 4.69) is 11.4 Å². The summed E-state index contributed by atoms with van der Waals surface area (Å²) in [7, 11) is 0. The van der Waals surface area contributed by atoms with Crippen molar-refractivity contribution in [1.82, 2.24) is 4.90 Å². The van der Waals surface area contributed by atoms with Crippen molar-refractivity contribution in [1.29, 1.82) is 0 Å². The summed E-state index contributed by atoms with van der Waals surface area (Å²) in [5.74, 6) is 0.159. The molecule has 104 valence electrons. The SMILES string of the molecule is NCC1CCC(C(=O)N(Cc2cccs2)C2CC2)O1. The van der Waals surface area contributed by atoms with E-state index in [-0.39, 0.29) is 18.1 Å². The molecular formula is C14H20N2O2S. The van der Waals surface area contributed by atoms with Crippen molar-refractivity contribution in [2.24, 2.45) is 5.73 Å². The van der Waals surface area contributed by atoms with Gasteiger partial charge in [0.2, 0.25) is 0 Å². The van der Waals surface area contributed by atoms with Gasteiger partial charge in [-0.1, -0.05) is 6.07 Å². The fourth-order valence-electron chi connectivity index (χ4n) is 2.59. The molecule has 2 fully saturated rings. The van der Waals surface area contributed by atoms with Gasteiger partial charge >= 0.3 is 0 Å². The van der Waals surface area contributed by atoms with Crippen LogP contribution in [0.3, 0.4) is 0 Å². The molecular weight excluding hydrogens is 260 g/mol. The van der Waals surface area contributed by atoms with E-state index in [0.29, 0.717) is 12.6 Å². The highest BCUT2D eigenvalue weighted by molar-refractivity contribution is 7.09. The number of carbonyl (C=O) groups excluding carboxylic acids is 1. The fourth-order valence-corrected chi connectivity index (χ4v) is 3.29. The van der Waals surface area contributed by atoms with Gasteiger partial charge in [0.25, 0.3) is 5.91 Å². The third-order valence-corrected chi connectivity index (χ3v) is 4.68. The Kier molecular flexibility index (Phi) is 3.86. The lowest BCUT2D eigenvalue weighted by Crippen LogP contribution is -2.40. The first-order chi connectivity index (χ1) is 9.28. The molecule has 1 aliphatic heterocycles. The molecule has 1 aliphatic carbocycles. The topological polar surface area (TPSA) is 55.6 Å². The lowest BCUT2D eigenvalue weighted by atomic mass is 10.1. The Hall–Kier alpha value is -0.910. The number of ether oxygens (including phenoxy) is 1. The van der Waals surface area contributed by atoms with Crippen LogP contribution in [0.1, 0.15) is 30.6 Å². The zero-order valence-corrected chi connectivity index (χ0v) is 11.8. The standard InChI is InChI=1S/C14H20N2O2S/c15-8-11-5-6-13(18-11)14(17)16(10-3-4-10)9-12-2-1-7-19-12/h1-2,7,10-11,13H,3-6,8-9,15H2. The second-order valence-electron chi connectivity index (χ2n) is 5.34. The third-order valence-electron chi connectivity index (χ3n) is 3.82. The molecule has 2 aliphatic rings. The second-order valence-corrected chi connectivity index (χ2v) is 6.37. The van der Waals surface area contributed by atoms with Crippen molar-refractivity contribution >= 4 is 17.2 Å². The van der Waals surface area contributed by atoms with E-state index in [1.54, 1.807) is 11.3 Å². The van der Waals surface area contributed by atoms with Crippen molar-refractivity contribution in [3.8, 4) is 0 Å². The van der Waals surface area contributed by atoms with E-state index in [4.69, 9.17) is 10.5 Å². The van der Waals surface area contributed by atoms with Crippen molar-refractivity contribution in [3.63, 3.8) is 0 Å². The Morgan fingerprint density at radius 1 is 1.42 bits per heavy atom. The molecule has 0 radical (unpaired) electrons. The van der Waals surface area contributed by atoms with E-state index < -0.39 is 0 Å². The molecule has 5 heteroatoms. The molecule has 2 unspecified atom stereocenters. The highest BCUT2D eigenvalue weighted by Crippen LogP contribution is 2.32. The number of hydrogen-bond acceptors (Lipinski definition) is 4. The van der Waals surface area contributed by atoms with Crippen LogP contribution < -0.4 is 5.73 Å². The molecule has 1 saturated carbocycles. The van der Waals surface area contributed by atoms with Crippen LogP contribution in [0, 0.1) is 0 Å². The Labute approximate surface area is 117 Å². The van der Waals surface area contributed by atoms with Gasteiger partial charge in [0.1, 0.15) is 6.10 Å². The molecule has 4 nitrogen and oxygen atoms in total. The first kappa shape index (κ1) is 13.1. The first-order valence-electron chi connectivity index (χ1n) is 6.96. The number of rotatable bonds is 5. The number of hydrogen-bond donors (Lipinski definition) is 1. The van der Waals surface area contributed by atoms with E-state index in [1.165, 1.54) is 4.88 Å². The predicted molar refractivity (Wildman–Crippen MR) is 74.8 cm³/mol. The highest BCUT2D eigenvalue weighted by atomic mass is 32.1. The Balaban J connectivity index is 1.65. The molecule has 2 N–H and O–H groups in total. The van der Waals surface area contributed by atoms with Crippen LogP contribution in [0.2, 0.25) is 0 Å². The molecule has 0 aromatic carbocycles. The summed E-state index contributed by atoms with van der Waals surface area (Å²) >= 11 is 1.71. The Morgan fingerprint density at radius 3 is 2.84 bits per heavy atom. The predicted octanol–water partition coefficient (Wildman–Crippen LogP) is 1.75. The van der Waals surface area contributed by atoms with Crippen molar-refractivity contribution in [3.05, 3.63) is 22.4 Å². The van der Waals surface area contributed by atoms with Gasteiger partial charge < -0.3 is 15.4 Å². The highest BCUT2D eigenvalue weighted by Gasteiger charge is 2.39. The van der Waals surface area contributed by atoms with Gasteiger partial charge in [-0.2, -0.15) is 0 Å². The number of nitrogens with two attached hydrogens (primary N) is 1. The average molecular weight is 280 g/mol. The van der Waals surface area contributed by atoms with Gasteiger partial charge in [-0.05, 0) is 37.1 Å². The maximum atomic E-state index is 12.6. The largest absolute Gasteiger partial charge is 0.364 e. The molecule has 1 aromatic rings. The summed E-state index contributed by atoms with van der Waals surface area (Å²) in [6.45, 7) is 1.24.